The molecule has 0 aromatic heterocycles. The van der Waals surface area contributed by atoms with Gasteiger partial charge in [0.2, 0.25) is 5.75 Å². The van der Waals surface area contributed by atoms with E-state index in [1.807, 2.05) is 0 Å². The van der Waals surface area contributed by atoms with Crippen LogP contribution in [0.1, 0.15) is 89.0 Å². The summed E-state index contributed by atoms with van der Waals surface area (Å²) in [4.78, 5) is 0. The lowest BCUT2D eigenvalue weighted by molar-refractivity contribution is -0.276. The fourth-order valence-electron chi connectivity index (χ4n) is 6.27. The van der Waals surface area contributed by atoms with Crippen LogP contribution in [0.4, 0.5) is 26.3 Å². The van der Waals surface area contributed by atoms with E-state index in [4.69, 9.17) is 0 Å². The van der Waals surface area contributed by atoms with Crippen LogP contribution in [0.3, 0.4) is 0 Å². The van der Waals surface area contributed by atoms with Crippen molar-refractivity contribution in [3.05, 3.63) is 41.2 Å². The smallest absolute Gasteiger partial charge is 0.399 e. The van der Waals surface area contributed by atoms with Gasteiger partial charge in [0.1, 0.15) is 5.82 Å². The third kappa shape index (κ3) is 5.65. The van der Waals surface area contributed by atoms with Crippen LogP contribution < -0.4 is 4.74 Å². The van der Waals surface area contributed by atoms with Crippen molar-refractivity contribution in [2.45, 2.75) is 89.8 Å². The molecule has 2 aromatic carbocycles. The molecule has 188 valence electrons. The molecule has 0 bridgehead atoms. The number of alkyl halides is 3. The number of benzene rings is 2. The maximum atomic E-state index is 14.9. The van der Waals surface area contributed by atoms with E-state index >= 15 is 0 Å². The summed E-state index contributed by atoms with van der Waals surface area (Å²) in [5.74, 6) is -3.65. The van der Waals surface area contributed by atoms with Crippen molar-refractivity contribution in [1.82, 2.24) is 0 Å². The topological polar surface area (TPSA) is 9.23 Å². The quantitative estimate of drug-likeness (QED) is 0.280. The van der Waals surface area contributed by atoms with Crippen molar-refractivity contribution in [2.75, 3.05) is 0 Å². The van der Waals surface area contributed by atoms with Gasteiger partial charge in [-0.25, -0.2) is 13.2 Å². The molecule has 4 unspecified atom stereocenters. The van der Waals surface area contributed by atoms with Gasteiger partial charge in [0, 0.05) is 0 Å². The van der Waals surface area contributed by atoms with E-state index < -0.39 is 34.9 Å². The summed E-state index contributed by atoms with van der Waals surface area (Å²) >= 11 is 0. The van der Waals surface area contributed by atoms with Crippen LogP contribution in [-0.2, 0) is 0 Å². The number of hydrogen-bond acceptors (Lipinski definition) is 1. The van der Waals surface area contributed by atoms with Crippen molar-refractivity contribution in [2.24, 2.45) is 17.8 Å². The summed E-state index contributed by atoms with van der Waals surface area (Å²) in [6, 6.07) is 3.44. The zero-order valence-electron chi connectivity index (χ0n) is 19.5. The average Bonchev–Trinajstić information content (AvgIpc) is 2.78. The van der Waals surface area contributed by atoms with Gasteiger partial charge in [0.15, 0.2) is 11.6 Å². The van der Waals surface area contributed by atoms with Gasteiger partial charge in [0.05, 0.1) is 5.39 Å². The van der Waals surface area contributed by atoms with Gasteiger partial charge in [-0.05, 0) is 78.9 Å². The third-order valence-corrected chi connectivity index (χ3v) is 7.94. The van der Waals surface area contributed by atoms with Crippen molar-refractivity contribution < 1.29 is 31.1 Å². The molecular formula is C27H32F6O. The number of halogens is 6. The minimum atomic E-state index is -5.28. The number of hydrogen-bond donors (Lipinski definition) is 0. The van der Waals surface area contributed by atoms with Gasteiger partial charge in [-0.15, -0.1) is 13.2 Å². The van der Waals surface area contributed by atoms with Crippen LogP contribution in [0.2, 0.25) is 0 Å². The first kappa shape index (κ1) is 25.2. The van der Waals surface area contributed by atoms with E-state index in [1.54, 1.807) is 0 Å². The SMILES string of the molecule is CCCCCCC1CCC2CC(c3cc(F)c4c(F)c(OC(F)(F)F)c(F)cc4c3)CCC2C1. The van der Waals surface area contributed by atoms with E-state index in [0.717, 1.165) is 37.7 Å². The van der Waals surface area contributed by atoms with E-state index in [2.05, 4.69) is 11.7 Å². The normalized spacial score (nSPS) is 25.4. The highest BCUT2D eigenvalue weighted by molar-refractivity contribution is 5.86. The first-order valence-electron chi connectivity index (χ1n) is 12.5. The Kier molecular flexibility index (Phi) is 7.68. The first-order chi connectivity index (χ1) is 16.2. The fourth-order valence-corrected chi connectivity index (χ4v) is 6.27. The maximum Gasteiger partial charge on any atom is 0.573 e. The molecule has 2 aliphatic rings. The molecule has 2 aliphatic carbocycles. The Bertz CT molecular complexity index is 1000. The van der Waals surface area contributed by atoms with E-state index in [0.29, 0.717) is 17.4 Å². The molecule has 0 spiro atoms. The van der Waals surface area contributed by atoms with Crippen molar-refractivity contribution >= 4 is 10.8 Å². The third-order valence-electron chi connectivity index (χ3n) is 7.94. The lowest BCUT2D eigenvalue weighted by Gasteiger charge is -2.42. The van der Waals surface area contributed by atoms with Crippen LogP contribution in [0.25, 0.3) is 10.8 Å². The Morgan fingerprint density at radius 2 is 1.59 bits per heavy atom. The molecule has 0 heterocycles. The van der Waals surface area contributed by atoms with Gasteiger partial charge in [-0.3, -0.25) is 0 Å². The summed E-state index contributed by atoms with van der Waals surface area (Å²) in [5, 5.41) is -0.765. The molecule has 2 fully saturated rings. The largest absolute Gasteiger partial charge is 0.573 e. The molecule has 0 amide bonds. The molecule has 2 aromatic rings. The lowest BCUT2D eigenvalue weighted by atomic mass is 9.63. The van der Waals surface area contributed by atoms with E-state index in [1.165, 1.54) is 57.1 Å². The molecule has 0 aliphatic heterocycles. The van der Waals surface area contributed by atoms with Crippen molar-refractivity contribution in [1.29, 1.82) is 0 Å². The Labute approximate surface area is 196 Å². The fraction of sp³-hybridized carbons (Fsp3) is 0.630. The van der Waals surface area contributed by atoms with Crippen LogP contribution in [-0.4, -0.2) is 6.36 Å². The Hall–Kier alpha value is -1.92. The minimum Gasteiger partial charge on any atom is -0.399 e. The molecule has 4 rings (SSSR count). The van der Waals surface area contributed by atoms with Gasteiger partial charge in [0.25, 0.3) is 0 Å². The maximum absolute atomic E-state index is 14.9. The summed E-state index contributed by atoms with van der Waals surface area (Å²) in [5.41, 5.74) is 0.661. The second-order valence-electron chi connectivity index (χ2n) is 10.2. The lowest BCUT2D eigenvalue weighted by Crippen LogP contribution is -2.30. The minimum absolute atomic E-state index is 0.0819. The van der Waals surface area contributed by atoms with Crippen molar-refractivity contribution in [3.8, 4) is 5.75 Å². The summed E-state index contributed by atoms with van der Waals surface area (Å²) in [6.07, 6.45) is 7.68. The molecule has 0 N–H and O–H groups in total. The average molecular weight is 487 g/mol. The second kappa shape index (κ2) is 10.4. The van der Waals surface area contributed by atoms with E-state index in [-0.39, 0.29) is 11.3 Å². The van der Waals surface area contributed by atoms with Crippen LogP contribution in [0, 0.1) is 35.2 Å². The number of unbranched alkanes of at least 4 members (excludes halogenated alkanes) is 3. The molecular weight excluding hydrogens is 454 g/mol. The number of ether oxygens (including phenoxy) is 1. The summed E-state index contributed by atoms with van der Waals surface area (Å²) in [6.45, 7) is 2.22. The molecule has 1 nitrogen and oxygen atoms in total. The molecule has 0 radical (unpaired) electrons. The highest BCUT2D eigenvalue weighted by Gasteiger charge is 2.37. The number of rotatable bonds is 7. The van der Waals surface area contributed by atoms with Gasteiger partial charge < -0.3 is 4.74 Å². The Morgan fingerprint density at radius 1 is 0.853 bits per heavy atom. The van der Waals surface area contributed by atoms with E-state index in [9.17, 15) is 26.3 Å². The van der Waals surface area contributed by atoms with Crippen LogP contribution in [0.15, 0.2) is 18.2 Å². The van der Waals surface area contributed by atoms with Crippen LogP contribution >= 0.6 is 0 Å². The highest BCUT2D eigenvalue weighted by atomic mass is 19.4. The summed E-state index contributed by atoms with van der Waals surface area (Å²) < 4.78 is 84.7. The Morgan fingerprint density at radius 3 is 2.32 bits per heavy atom. The van der Waals surface area contributed by atoms with Crippen molar-refractivity contribution in [3.63, 3.8) is 0 Å². The van der Waals surface area contributed by atoms with Gasteiger partial charge in [-0.2, -0.15) is 0 Å². The zero-order valence-corrected chi connectivity index (χ0v) is 19.5. The monoisotopic (exact) mass is 486 g/mol. The summed E-state index contributed by atoms with van der Waals surface area (Å²) in [7, 11) is 0. The zero-order chi connectivity index (χ0) is 24.5. The predicted molar refractivity (Wildman–Crippen MR) is 120 cm³/mol. The molecule has 34 heavy (non-hydrogen) atoms. The van der Waals surface area contributed by atoms with Gasteiger partial charge in [-0.1, -0.05) is 51.5 Å². The van der Waals surface area contributed by atoms with Gasteiger partial charge >= 0.3 is 6.36 Å². The first-order valence-corrected chi connectivity index (χ1v) is 12.5. The molecule has 0 saturated heterocycles. The second-order valence-corrected chi connectivity index (χ2v) is 10.2. The highest BCUT2D eigenvalue weighted by Crippen LogP contribution is 2.49. The standard InChI is InChI=1S/C27H32F6O/c1-2-3-4-5-6-16-7-8-18-12-19(10-9-17(18)11-16)20-13-21-15-23(29)26(34-27(31,32)33)25(30)24(21)22(28)14-20/h13-19H,2-12H2,1H3. The molecule has 4 atom stereocenters. The molecule has 7 heteroatoms. The molecule has 2 saturated carbocycles. The number of fused-ring (bicyclic) bond motifs is 2. The Balaban J connectivity index is 1.47. The predicted octanol–water partition coefficient (Wildman–Crippen LogP) is 9.43. The van der Waals surface area contributed by atoms with Crippen LogP contribution in [0.5, 0.6) is 5.75 Å².